The number of hydrogen-bond acceptors (Lipinski definition) is 1. The third-order valence-electron chi connectivity index (χ3n) is 4.03. The molecule has 2 nitrogen and oxygen atoms in total. The Morgan fingerprint density at radius 3 is 1.25 bits per heavy atom. The predicted molar refractivity (Wildman–Crippen MR) is 90.2 cm³/mol. The Morgan fingerprint density at radius 1 is 0.550 bits per heavy atom. The Morgan fingerprint density at radius 2 is 0.850 bits per heavy atom. The Bertz CT molecular complexity index is 159. The minimum Gasteiger partial charge on any atom is -0.412 e. The van der Waals surface area contributed by atoms with Crippen molar-refractivity contribution in [3.63, 3.8) is 0 Å². The van der Waals surface area contributed by atoms with Crippen molar-refractivity contribution in [1.29, 1.82) is 0 Å². The van der Waals surface area contributed by atoms with Crippen LogP contribution in [0.4, 0.5) is 0 Å². The van der Waals surface area contributed by atoms with E-state index in [0.29, 0.717) is 0 Å². The van der Waals surface area contributed by atoms with E-state index >= 15 is 0 Å². The third kappa shape index (κ3) is 17.9. The van der Waals surface area contributed by atoms with Crippen molar-refractivity contribution in [2.45, 2.75) is 116 Å². The van der Waals surface area contributed by atoms with Gasteiger partial charge in [-0.2, -0.15) is 0 Å². The fourth-order valence-electron chi connectivity index (χ4n) is 2.64. The summed E-state index contributed by atoms with van der Waals surface area (Å²) < 4.78 is 0. The van der Waals surface area contributed by atoms with Crippen molar-refractivity contribution < 1.29 is 10.6 Å². The highest BCUT2D eigenvalue weighted by Gasteiger charge is 2.03. The Hall–Kier alpha value is -0.0800. The second-order valence-electron chi connectivity index (χ2n) is 6.12. The van der Waals surface area contributed by atoms with Crippen LogP contribution in [0.2, 0.25) is 0 Å². The van der Waals surface area contributed by atoms with E-state index < -0.39 is 0 Å². The molecule has 0 radical (unpaired) electrons. The van der Waals surface area contributed by atoms with Crippen LogP contribution < -0.4 is 0 Å². The van der Waals surface area contributed by atoms with Crippen LogP contribution in [0.25, 0.3) is 0 Å². The van der Waals surface area contributed by atoms with Gasteiger partial charge < -0.3 is 10.6 Å². The van der Waals surface area contributed by atoms with E-state index in [-0.39, 0.29) is 11.6 Å². The third-order valence-corrected chi connectivity index (χ3v) is 4.03. The molecule has 3 N–H and O–H groups in total. The molecule has 0 saturated heterocycles. The summed E-state index contributed by atoms with van der Waals surface area (Å²) in [4.78, 5) is 0. The largest absolute Gasteiger partial charge is 0.412 e. The van der Waals surface area contributed by atoms with Gasteiger partial charge in [0.15, 0.2) is 0 Å². The maximum atomic E-state index is 9.85. The topological polar surface area (TPSA) is 51.7 Å². The second-order valence-corrected chi connectivity index (χ2v) is 6.12. The SMILES string of the molecule is CCCCCCCCCCCC(O)CCCCCC.O. The minimum absolute atomic E-state index is 0. The molecule has 0 aromatic rings. The molecule has 0 aliphatic rings. The summed E-state index contributed by atoms with van der Waals surface area (Å²) in [6.07, 6.45) is 19.5. The smallest absolute Gasteiger partial charge is 0.0540 e. The molecule has 1 atom stereocenters. The van der Waals surface area contributed by atoms with Gasteiger partial charge in [-0.15, -0.1) is 0 Å². The lowest BCUT2D eigenvalue weighted by molar-refractivity contribution is 0.147. The summed E-state index contributed by atoms with van der Waals surface area (Å²) in [7, 11) is 0. The van der Waals surface area contributed by atoms with Gasteiger partial charge in [0.2, 0.25) is 0 Å². The lowest BCUT2D eigenvalue weighted by atomic mass is 10.0. The fourth-order valence-corrected chi connectivity index (χ4v) is 2.64. The Labute approximate surface area is 127 Å². The Balaban J connectivity index is 0. The molecule has 2 heteroatoms. The van der Waals surface area contributed by atoms with E-state index in [1.807, 2.05) is 0 Å². The standard InChI is InChI=1S/C18H38O.H2O/c1-3-5-7-9-10-11-12-13-15-17-18(19)16-14-8-6-4-2;/h18-19H,3-17H2,1-2H3;1H2. The molecule has 0 saturated carbocycles. The van der Waals surface area contributed by atoms with Crippen LogP contribution in [0.1, 0.15) is 110 Å². The number of rotatable bonds is 15. The zero-order valence-corrected chi connectivity index (χ0v) is 14.1. The number of aliphatic hydroxyl groups excluding tert-OH is 1. The molecule has 0 aromatic carbocycles. The van der Waals surface area contributed by atoms with Gasteiger partial charge in [0.1, 0.15) is 0 Å². The first-order valence-electron chi connectivity index (χ1n) is 8.99. The van der Waals surface area contributed by atoms with Crippen LogP contribution in [-0.2, 0) is 0 Å². The quantitative estimate of drug-likeness (QED) is 0.402. The van der Waals surface area contributed by atoms with Crippen LogP contribution in [0.15, 0.2) is 0 Å². The van der Waals surface area contributed by atoms with Crippen LogP contribution >= 0.6 is 0 Å². The number of hydrogen-bond donors (Lipinski definition) is 1. The molecule has 0 bridgehead atoms. The van der Waals surface area contributed by atoms with Crippen molar-refractivity contribution in [3.8, 4) is 0 Å². The van der Waals surface area contributed by atoms with E-state index in [1.165, 1.54) is 83.5 Å². The molecule has 20 heavy (non-hydrogen) atoms. The second kappa shape index (κ2) is 18.9. The molecule has 0 aliphatic carbocycles. The first-order valence-corrected chi connectivity index (χ1v) is 8.99. The fraction of sp³-hybridized carbons (Fsp3) is 1.00. The van der Waals surface area contributed by atoms with Crippen molar-refractivity contribution >= 4 is 0 Å². The molecular weight excluding hydrogens is 248 g/mol. The van der Waals surface area contributed by atoms with E-state index in [2.05, 4.69) is 13.8 Å². The molecule has 0 spiro atoms. The summed E-state index contributed by atoms with van der Waals surface area (Å²) >= 11 is 0. The molecule has 0 rings (SSSR count). The van der Waals surface area contributed by atoms with Gasteiger partial charge in [-0.05, 0) is 12.8 Å². The first-order chi connectivity index (χ1) is 9.31. The zero-order valence-electron chi connectivity index (χ0n) is 14.1. The first kappa shape index (κ1) is 22.2. The molecule has 0 fully saturated rings. The van der Waals surface area contributed by atoms with Crippen LogP contribution in [0.5, 0.6) is 0 Å². The summed E-state index contributed by atoms with van der Waals surface area (Å²) in [6, 6.07) is 0. The van der Waals surface area contributed by atoms with Gasteiger partial charge in [-0.25, -0.2) is 0 Å². The normalized spacial score (nSPS) is 12.2. The van der Waals surface area contributed by atoms with Crippen LogP contribution in [-0.4, -0.2) is 16.7 Å². The van der Waals surface area contributed by atoms with Gasteiger partial charge in [0.25, 0.3) is 0 Å². The van der Waals surface area contributed by atoms with Gasteiger partial charge in [-0.1, -0.05) is 97.3 Å². The van der Waals surface area contributed by atoms with Crippen molar-refractivity contribution in [2.75, 3.05) is 0 Å². The highest BCUT2D eigenvalue weighted by atomic mass is 16.3. The van der Waals surface area contributed by atoms with E-state index in [0.717, 1.165) is 12.8 Å². The highest BCUT2D eigenvalue weighted by Crippen LogP contribution is 2.14. The van der Waals surface area contributed by atoms with Gasteiger partial charge >= 0.3 is 0 Å². The molecular formula is C18H40O2. The van der Waals surface area contributed by atoms with Crippen LogP contribution in [0.3, 0.4) is 0 Å². The summed E-state index contributed by atoms with van der Waals surface area (Å²) in [5.41, 5.74) is 0. The maximum Gasteiger partial charge on any atom is 0.0540 e. The monoisotopic (exact) mass is 288 g/mol. The Kier molecular flexibility index (Phi) is 21.0. The molecule has 0 amide bonds. The van der Waals surface area contributed by atoms with Gasteiger partial charge in [0.05, 0.1) is 6.10 Å². The maximum absolute atomic E-state index is 9.85. The number of aliphatic hydroxyl groups is 1. The summed E-state index contributed by atoms with van der Waals surface area (Å²) in [6.45, 7) is 4.51. The van der Waals surface area contributed by atoms with Crippen molar-refractivity contribution in [1.82, 2.24) is 0 Å². The minimum atomic E-state index is -0.0265. The van der Waals surface area contributed by atoms with Gasteiger partial charge in [-0.3, -0.25) is 0 Å². The highest BCUT2D eigenvalue weighted by molar-refractivity contribution is 4.57. The zero-order chi connectivity index (χ0) is 14.2. The average Bonchev–Trinajstić information content (AvgIpc) is 2.42. The lowest BCUT2D eigenvalue weighted by Crippen LogP contribution is -2.05. The van der Waals surface area contributed by atoms with E-state index in [4.69, 9.17) is 0 Å². The molecule has 1 unspecified atom stereocenters. The molecule has 0 aliphatic heterocycles. The van der Waals surface area contributed by atoms with Crippen molar-refractivity contribution in [2.24, 2.45) is 0 Å². The van der Waals surface area contributed by atoms with Crippen LogP contribution in [0, 0.1) is 0 Å². The average molecular weight is 289 g/mol. The number of unbranched alkanes of at least 4 members (excludes halogenated alkanes) is 11. The van der Waals surface area contributed by atoms with Crippen molar-refractivity contribution in [3.05, 3.63) is 0 Å². The lowest BCUT2D eigenvalue weighted by Gasteiger charge is -2.10. The van der Waals surface area contributed by atoms with Gasteiger partial charge in [0, 0.05) is 0 Å². The summed E-state index contributed by atoms with van der Waals surface area (Å²) in [5.74, 6) is 0. The molecule has 0 heterocycles. The predicted octanol–water partition coefficient (Wildman–Crippen LogP) is 5.41. The molecule has 0 aromatic heterocycles. The molecule has 124 valence electrons. The van der Waals surface area contributed by atoms with E-state index in [9.17, 15) is 5.11 Å². The summed E-state index contributed by atoms with van der Waals surface area (Å²) in [5, 5.41) is 9.85. The van der Waals surface area contributed by atoms with E-state index in [1.54, 1.807) is 0 Å².